The average Bonchev–Trinajstić information content (AvgIpc) is 2.63. The molecule has 132 valence electrons. The summed E-state index contributed by atoms with van der Waals surface area (Å²) >= 11 is 0. The van der Waals surface area contributed by atoms with Gasteiger partial charge in [0.15, 0.2) is 0 Å². The Morgan fingerprint density at radius 3 is 2.40 bits per heavy atom. The predicted molar refractivity (Wildman–Crippen MR) is 102 cm³/mol. The van der Waals surface area contributed by atoms with Crippen LogP contribution in [0.5, 0.6) is 0 Å². The van der Waals surface area contributed by atoms with Crippen molar-refractivity contribution in [2.45, 2.75) is 32.2 Å². The number of hydrogen-bond acceptors (Lipinski definition) is 2. The number of hydrogen-bond donors (Lipinski definition) is 1. The lowest BCUT2D eigenvalue weighted by Crippen LogP contribution is -2.35. The maximum absolute atomic E-state index is 12.7. The van der Waals surface area contributed by atoms with Gasteiger partial charge in [0.2, 0.25) is 5.91 Å². The first-order valence-electron chi connectivity index (χ1n) is 9.22. The van der Waals surface area contributed by atoms with Gasteiger partial charge >= 0.3 is 0 Å². The van der Waals surface area contributed by atoms with Gasteiger partial charge in [-0.1, -0.05) is 54.6 Å². The van der Waals surface area contributed by atoms with E-state index in [1.54, 1.807) is 0 Å². The van der Waals surface area contributed by atoms with Gasteiger partial charge in [-0.05, 0) is 62.5 Å². The van der Waals surface area contributed by atoms with Crippen molar-refractivity contribution in [3.63, 3.8) is 0 Å². The van der Waals surface area contributed by atoms with Crippen LogP contribution in [0.15, 0.2) is 54.6 Å². The summed E-state index contributed by atoms with van der Waals surface area (Å²) in [5, 5.41) is 3.30. The molecule has 1 fully saturated rings. The number of amides is 1. The zero-order valence-electron chi connectivity index (χ0n) is 15.2. The molecular weight excluding hydrogens is 308 g/mol. The number of nitrogens with zero attached hydrogens (tertiary/aromatic N) is 1. The maximum atomic E-state index is 12.7. The normalized spacial score (nSPS) is 17.2. The third-order valence-corrected chi connectivity index (χ3v) is 5.25. The van der Waals surface area contributed by atoms with Gasteiger partial charge in [0, 0.05) is 6.42 Å². The first-order chi connectivity index (χ1) is 12.1. The lowest BCUT2D eigenvalue weighted by Gasteiger charge is -2.29. The Morgan fingerprint density at radius 2 is 1.72 bits per heavy atom. The van der Waals surface area contributed by atoms with E-state index in [-0.39, 0.29) is 11.9 Å². The van der Waals surface area contributed by atoms with Crippen LogP contribution >= 0.6 is 0 Å². The third-order valence-electron chi connectivity index (χ3n) is 5.25. The first-order valence-corrected chi connectivity index (χ1v) is 9.22. The number of rotatable bonds is 5. The Labute approximate surface area is 151 Å². The standard InChI is InChI=1S/C22H28N2O/c1-17-8-6-7-11-20(17)22(19-9-4-3-5-10-19)23-21(25)16-18-12-14-24(2)15-13-18/h3-11,18,22H,12-16H2,1-2H3,(H,23,25). The molecule has 0 bridgehead atoms. The highest BCUT2D eigenvalue weighted by Gasteiger charge is 2.23. The molecule has 1 aliphatic rings. The van der Waals surface area contributed by atoms with Crippen LogP contribution in [0.1, 0.15) is 42.0 Å². The van der Waals surface area contributed by atoms with Crippen LogP contribution in [0.25, 0.3) is 0 Å². The highest BCUT2D eigenvalue weighted by atomic mass is 16.1. The van der Waals surface area contributed by atoms with Crippen LogP contribution in [-0.2, 0) is 4.79 Å². The van der Waals surface area contributed by atoms with E-state index >= 15 is 0 Å². The molecule has 0 aromatic heterocycles. The summed E-state index contributed by atoms with van der Waals surface area (Å²) in [5.74, 6) is 0.663. The van der Waals surface area contributed by atoms with Crippen LogP contribution in [0.3, 0.4) is 0 Å². The fourth-order valence-electron chi connectivity index (χ4n) is 3.65. The van der Waals surface area contributed by atoms with Crippen molar-refractivity contribution in [3.8, 4) is 0 Å². The van der Waals surface area contributed by atoms with Gasteiger partial charge in [0.05, 0.1) is 6.04 Å². The summed E-state index contributed by atoms with van der Waals surface area (Å²) in [5.41, 5.74) is 3.51. The lowest BCUT2D eigenvalue weighted by molar-refractivity contribution is -0.122. The van der Waals surface area contributed by atoms with Crippen LogP contribution in [0.2, 0.25) is 0 Å². The number of benzene rings is 2. The van der Waals surface area contributed by atoms with Crippen molar-refractivity contribution in [1.82, 2.24) is 10.2 Å². The molecule has 3 rings (SSSR count). The molecule has 2 aromatic carbocycles. The number of nitrogens with one attached hydrogen (secondary N) is 1. The molecule has 2 aromatic rings. The van der Waals surface area contributed by atoms with Gasteiger partial charge in [-0.25, -0.2) is 0 Å². The molecule has 0 saturated carbocycles. The summed E-state index contributed by atoms with van der Waals surface area (Å²) in [6.45, 7) is 4.30. The highest BCUT2D eigenvalue weighted by Crippen LogP contribution is 2.26. The SMILES string of the molecule is Cc1ccccc1C(NC(=O)CC1CCN(C)CC1)c1ccccc1. The van der Waals surface area contributed by atoms with E-state index in [4.69, 9.17) is 0 Å². The number of piperidine rings is 1. The molecule has 1 N–H and O–H groups in total. The second-order valence-electron chi connectivity index (χ2n) is 7.22. The molecule has 0 radical (unpaired) electrons. The van der Waals surface area contributed by atoms with E-state index in [0.29, 0.717) is 12.3 Å². The molecule has 3 nitrogen and oxygen atoms in total. The molecule has 1 heterocycles. The Kier molecular flexibility index (Phi) is 5.87. The topological polar surface area (TPSA) is 32.3 Å². The maximum Gasteiger partial charge on any atom is 0.221 e. The monoisotopic (exact) mass is 336 g/mol. The zero-order valence-corrected chi connectivity index (χ0v) is 15.2. The molecular formula is C22H28N2O. The summed E-state index contributed by atoms with van der Waals surface area (Å²) < 4.78 is 0. The van der Waals surface area contributed by atoms with Gasteiger partial charge in [0.25, 0.3) is 0 Å². The Hall–Kier alpha value is -2.13. The van der Waals surface area contributed by atoms with Gasteiger partial charge in [-0.15, -0.1) is 0 Å². The fourth-order valence-corrected chi connectivity index (χ4v) is 3.65. The van der Waals surface area contributed by atoms with Crippen LogP contribution in [0.4, 0.5) is 0 Å². The molecule has 1 amide bonds. The third kappa shape index (κ3) is 4.70. The summed E-state index contributed by atoms with van der Waals surface area (Å²) in [4.78, 5) is 15.1. The summed E-state index contributed by atoms with van der Waals surface area (Å²) in [7, 11) is 2.15. The van der Waals surface area contributed by atoms with Gasteiger partial charge < -0.3 is 10.2 Å². The van der Waals surface area contributed by atoms with Gasteiger partial charge in [0.1, 0.15) is 0 Å². The highest BCUT2D eigenvalue weighted by molar-refractivity contribution is 5.77. The Morgan fingerprint density at radius 1 is 1.08 bits per heavy atom. The largest absolute Gasteiger partial charge is 0.345 e. The zero-order chi connectivity index (χ0) is 17.6. The number of carbonyl (C=O) groups excluding carboxylic acids is 1. The van der Waals surface area contributed by atoms with Crippen molar-refractivity contribution >= 4 is 5.91 Å². The van der Waals surface area contributed by atoms with Crippen LogP contribution in [-0.4, -0.2) is 30.9 Å². The molecule has 3 heteroatoms. The van der Waals surface area contributed by atoms with Crippen molar-refractivity contribution < 1.29 is 4.79 Å². The van der Waals surface area contributed by atoms with Crippen molar-refractivity contribution in [2.75, 3.05) is 20.1 Å². The predicted octanol–water partition coefficient (Wildman–Crippen LogP) is 3.93. The molecule has 1 atom stereocenters. The number of aryl methyl sites for hydroxylation is 1. The fraction of sp³-hybridized carbons (Fsp3) is 0.409. The van der Waals surface area contributed by atoms with E-state index in [2.05, 4.69) is 48.5 Å². The van der Waals surface area contributed by atoms with Crippen LogP contribution in [0, 0.1) is 12.8 Å². The number of likely N-dealkylation sites (tertiary alicyclic amines) is 1. The van der Waals surface area contributed by atoms with Crippen molar-refractivity contribution in [2.24, 2.45) is 5.92 Å². The Balaban J connectivity index is 1.74. The minimum atomic E-state index is -0.0823. The second kappa shape index (κ2) is 8.30. The Bertz CT molecular complexity index is 690. The van der Waals surface area contributed by atoms with Gasteiger partial charge in [-0.3, -0.25) is 4.79 Å². The summed E-state index contributed by atoms with van der Waals surface area (Å²) in [6.07, 6.45) is 2.86. The smallest absolute Gasteiger partial charge is 0.221 e. The lowest BCUT2D eigenvalue weighted by atomic mass is 9.92. The van der Waals surface area contributed by atoms with Gasteiger partial charge in [-0.2, -0.15) is 0 Å². The minimum Gasteiger partial charge on any atom is -0.345 e. The van der Waals surface area contributed by atoms with E-state index < -0.39 is 0 Å². The number of carbonyl (C=O) groups is 1. The van der Waals surface area contributed by atoms with Crippen LogP contribution < -0.4 is 5.32 Å². The van der Waals surface area contributed by atoms with E-state index in [1.807, 2.05) is 30.3 Å². The van der Waals surface area contributed by atoms with Crippen molar-refractivity contribution in [1.29, 1.82) is 0 Å². The minimum absolute atomic E-state index is 0.0823. The molecule has 0 aliphatic carbocycles. The average molecular weight is 336 g/mol. The van der Waals surface area contributed by atoms with Crippen molar-refractivity contribution in [3.05, 3.63) is 71.3 Å². The molecule has 0 spiro atoms. The quantitative estimate of drug-likeness (QED) is 0.897. The summed E-state index contributed by atoms with van der Waals surface area (Å²) in [6, 6.07) is 18.5. The molecule has 1 unspecified atom stereocenters. The van der Waals surface area contributed by atoms with E-state index in [1.165, 1.54) is 11.1 Å². The first kappa shape index (κ1) is 17.7. The second-order valence-corrected chi connectivity index (χ2v) is 7.22. The molecule has 25 heavy (non-hydrogen) atoms. The van der Waals surface area contributed by atoms with E-state index in [9.17, 15) is 4.79 Å². The molecule has 1 saturated heterocycles. The molecule has 1 aliphatic heterocycles. The van der Waals surface area contributed by atoms with E-state index in [0.717, 1.165) is 31.5 Å².